The van der Waals surface area contributed by atoms with E-state index in [1.807, 2.05) is 20.8 Å². The van der Waals surface area contributed by atoms with Crippen molar-refractivity contribution in [1.82, 2.24) is 9.97 Å². The Balaban J connectivity index is 2.57. The van der Waals surface area contributed by atoms with Crippen molar-refractivity contribution in [3.8, 4) is 0 Å². The van der Waals surface area contributed by atoms with Crippen molar-refractivity contribution in [2.45, 2.75) is 46.6 Å². The Morgan fingerprint density at radius 1 is 1.25 bits per heavy atom. The number of nitrogens with zero attached hydrogens (tertiary/aromatic N) is 2. The number of aryl methyl sites for hydroxylation is 1. The van der Waals surface area contributed by atoms with Gasteiger partial charge in [-0.2, -0.15) is 0 Å². The van der Waals surface area contributed by atoms with E-state index in [0.29, 0.717) is 6.61 Å². The average molecular weight is 293 g/mol. The minimum Gasteiger partial charge on any atom is -0.370 e. The lowest BCUT2D eigenvalue weighted by Gasteiger charge is -2.23. The van der Waals surface area contributed by atoms with Gasteiger partial charge in [0.25, 0.3) is 0 Å². The molecule has 0 aromatic carbocycles. The molecule has 2 aromatic rings. The van der Waals surface area contributed by atoms with Crippen LogP contribution in [0, 0.1) is 0 Å². The summed E-state index contributed by atoms with van der Waals surface area (Å²) < 4.78 is 5.78. The second-order valence-electron chi connectivity index (χ2n) is 5.15. The smallest absolute Gasteiger partial charge is 0.163 e. The molecule has 0 aliphatic carbocycles. The topological polar surface area (TPSA) is 47.0 Å². The molecule has 0 saturated heterocycles. The predicted molar refractivity (Wildman–Crippen MR) is 85.6 cm³/mol. The van der Waals surface area contributed by atoms with E-state index in [4.69, 9.17) is 9.72 Å². The summed E-state index contributed by atoms with van der Waals surface area (Å²) in [6.07, 6.45) is 1.02. The average Bonchev–Trinajstić information content (AvgIpc) is 2.82. The van der Waals surface area contributed by atoms with Crippen LogP contribution in [0.5, 0.6) is 0 Å². The number of ether oxygens (including phenoxy) is 1. The van der Waals surface area contributed by atoms with Crippen LogP contribution >= 0.6 is 11.3 Å². The zero-order valence-electron chi connectivity index (χ0n) is 12.9. The molecule has 0 bridgehead atoms. The van der Waals surface area contributed by atoms with E-state index in [-0.39, 0.29) is 0 Å². The van der Waals surface area contributed by atoms with Crippen molar-refractivity contribution in [1.29, 1.82) is 0 Å². The highest BCUT2D eigenvalue weighted by atomic mass is 32.1. The van der Waals surface area contributed by atoms with E-state index in [1.54, 1.807) is 11.3 Å². The number of rotatable bonds is 6. The molecule has 1 N–H and O–H groups in total. The lowest BCUT2D eigenvalue weighted by atomic mass is 10.1. The molecule has 2 rings (SSSR count). The number of hydrogen-bond acceptors (Lipinski definition) is 5. The molecule has 0 radical (unpaired) electrons. The summed E-state index contributed by atoms with van der Waals surface area (Å²) in [6, 6.07) is 2.19. The Kier molecular flexibility index (Phi) is 4.60. The van der Waals surface area contributed by atoms with E-state index in [2.05, 4.69) is 30.2 Å². The Morgan fingerprint density at radius 3 is 2.60 bits per heavy atom. The maximum absolute atomic E-state index is 5.78. The summed E-state index contributed by atoms with van der Waals surface area (Å²) in [4.78, 5) is 11.8. The normalized spacial score (nSPS) is 12.1. The monoisotopic (exact) mass is 293 g/mol. The van der Waals surface area contributed by atoms with Gasteiger partial charge in [0.05, 0.1) is 5.39 Å². The van der Waals surface area contributed by atoms with Gasteiger partial charge in [-0.1, -0.05) is 6.92 Å². The molecule has 20 heavy (non-hydrogen) atoms. The second-order valence-corrected chi connectivity index (χ2v) is 6.27. The summed E-state index contributed by atoms with van der Waals surface area (Å²) >= 11 is 1.74. The van der Waals surface area contributed by atoms with Gasteiger partial charge in [-0.25, -0.2) is 9.97 Å². The van der Waals surface area contributed by atoms with Gasteiger partial charge in [0, 0.05) is 18.0 Å². The quantitative estimate of drug-likeness (QED) is 0.876. The van der Waals surface area contributed by atoms with Gasteiger partial charge in [0.2, 0.25) is 0 Å². The van der Waals surface area contributed by atoms with Crippen LogP contribution in [-0.4, -0.2) is 23.1 Å². The fraction of sp³-hybridized carbons (Fsp3) is 0.600. The van der Waals surface area contributed by atoms with Crippen LogP contribution in [0.1, 0.15) is 45.3 Å². The third-order valence-electron chi connectivity index (χ3n) is 3.18. The fourth-order valence-corrected chi connectivity index (χ4v) is 3.11. The van der Waals surface area contributed by atoms with Crippen molar-refractivity contribution in [3.05, 3.63) is 16.8 Å². The molecule has 2 aromatic heterocycles. The summed E-state index contributed by atoms with van der Waals surface area (Å²) in [6.45, 7) is 11.8. The maximum atomic E-state index is 5.78. The first-order valence-electron chi connectivity index (χ1n) is 7.20. The highest BCUT2D eigenvalue weighted by molar-refractivity contribution is 7.18. The lowest BCUT2D eigenvalue weighted by Crippen LogP contribution is -2.25. The van der Waals surface area contributed by atoms with E-state index in [9.17, 15) is 0 Å². The minimum absolute atomic E-state index is 0.469. The molecular weight excluding hydrogens is 270 g/mol. The van der Waals surface area contributed by atoms with Gasteiger partial charge in [0.15, 0.2) is 5.82 Å². The van der Waals surface area contributed by atoms with Crippen LogP contribution in [0.4, 0.5) is 5.82 Å². The third-order valence-corrected chi connectivity index (χ3v) is 4.35. The number of hydrogen-bond donors (Lipinski definition) is 1. The summed E-state index contributed by atoms with van der Waals surface area (Å²) in [5.41, 5.74) is -0.469. The molecule has 5 heteroatoms. The number of anilines is 1. The molecule has 0 amide bonds. The van der Waals surface area contributed by atoms with Crippen molar-refractivity contribution in [2.75, 3.05) is 18.5 Å². The standard InChI is InChI=1S/C15H23N3OS/c1-6-10-9-11-12(16-7-2)17-14(18-13(11)20-10)15(4,5)19-8-3/h9H,6-8H2,1-5H3,(H,16,17,18). The van der Waals surface area contributed by atoms with Crippen LogP contribution in [-0.2, 0) is 16.8 Å². The van der Waals surface area contributed by atoms with Gasteiger partial charge in [-0.15, -0.1) is 11.3 Å². The van der Waals surface area contributed by atoms with Crippen LogP contribution in [0.2, 0.25) is 0 Å². The first-order chi connectivity index (χ1) is 9.51. The van der Waals surface area contributed by atoms with Gasteiger partial charge < -0.3 is 10.1 Å². The van der Waals surface area contributed by atoms with Crippen molar-refractivity contribution in [3.63, 3.8) is 0 Å². The van der Waals surface area contributed by atoms with Crippen molar-refractivity contribution in [2.24, 2.45) is 0 Å². The van der Waals surface area contributed by atoms with E-state index in [0.717, 1.165) is 34.8 Å². The SMILES string of the molecule is CCNc1nc(C(C)(C)OCC)nc2sc(CC)cc12. The summed E-state index contributed by atoms with van der Waals surface area (Å²) in [7, 11) is 0. The Bertz CT molecular complexity index is 592. The van der Waals surface area contributed by atoms with Crippen molar-refractivity contribution < 1.29 is 4.74 Å². The molecule has 0 aliphatic rings. The summed E-state index contributed by atoms with van der Waals surface area (Å²) in [5.74, 6) is 1.66. The summed E-state index contributed by atoms with van der Waals surface area (Å²) in [5, 5.41) is 4.46. The van der Waals surface area contributed by atoms with E-state index >= 15 is 0 Å². The van der Waals surface area contributed by atoms with Gasteiger partial charge in [-0.3, -0.25) is 0 Å². The number of thiophene rings is 1. The second kappa shape index (κ2) is 6.06. The molecule has 0 saturated carbocycles. The molecule has 0 fully saturated rings. The Hall–Kier alpha value is -1.20. The highest BCUT2D eigenvalue weighted by Gasteiger charge is 2.26. The largest absolute Gasteiger partial charge is 0.370 e. The molecule has 2 heterocycles. The zero-order chi connectivity index (χ0) is 14.8. The Labute approximate surface area is 124 Å². The van der Waals surface area contributed by atoms with E-state index < -0.39 is 5.60 Å². The van der Waals surface area contributed by atoms with Gasteiger partial charge in [0.1, 0.15) is 16.2 Å². The zero-order valence-corrected chi connectivity index (χ0v) is 13.7. The predicted octanol–water partition coefficient (Wildman–Crippen LogP) is 3.96. The highest BCUT2D eigenvalue weighted by Crippen LogP contribution is 2.32. The first kappa shape index (κ1) is 15.2. The van der Waals surface area contributed by atoms with E-state index in [1.165, 1.54) is 4.88 Å². The number of nitrogens with one attached hydrogen (secondary N) is 1. The fourth-order valence-electron chi connectivity index (χ4n) is 2.14. The minimum atomic E-state index is -0.469. The van der Waals surface area contributed by atoms with Gasteiger partial charge >= 0.3 is 0 Å². The third kappa shape index (κ3) is 2.94. The van der Waals surface area contributed by atoms with Crippen molar-refractivity contribution >= 4 is 27.4 Å². The lowest BCUT2D eigenvalue weighted by molar-refractivity contribution is -0.0204. The molecule has 0 atom stereocenters. The molecule has 4 nitrogen and oxygen atoms in total. The molecule has 110 valence electrons. The first-order valence-corrected chi connectivity index (χ1v) is 8.02. The maximum Gasteiger partial charge on any atom is 0.163 e. The van der Waals surface area contributed by atoms with Crippen LogP contribution in [0.3, 0.4) is 0 Å². The molecule has 0 aliphatic heterocycles. The van der Waals surface area contributed by atoms with Crippen LogP contribution < -0.4 is 5.32 Å². The van der Waals surface area contributed by atoms with Crippen LogP contribution in [0.25, 0.3) is 10.2 Å². The van der Waals surface area contributed by atoms with Crippen LogP contribution in [0.15, 0.2) is 6.07 Å². The number of aromatic nitrogens is 2. The molecule has 0 spiro atoms. The number of fused-ring (bicyclic) bond motifs is 1. The Morgan fingerprint density at radius 2 is 2.00 bits per heavy atom. The molecule has 0 unspecified atom stereocenters. The molecular formula is C15H23N3OS. The van der Waals surface area contributed by atoms with Gasteiger partial charge in [-0.05, 0) is 40.2 Å².